The number of rotatable bonds is 2. The highest BCUT2D eigenvalue weighted by Crippen LogP contribution is 2.37. The van der Waals surface area contributed by atoms with Gasteiger partial charge in [-0.25, -0.2) is 9.48 Å². The maximum absolute atomic E-state index is 12.2. The van der Waals surface area contributed by atoms with Crippen LogP contribution in [0.1, 0.15) is 55.4 Å². The van der Waals surface area contributed by atoms with E-state index < -0.39 is 6.09 Å². The lowest BCUT2D eigenvalue weighted by atomic mass is 9.93. The SMILES string of the molecule is O=C1NCCCOc2ccc3c(c2)c(nn3C2CCCCO2)-c2cc(cc(C3CCOC3)c2)CO1. The van der Waals surface area contributed by atoms with Crippen LogP contribution in [-0.2, 0) is 20.8 Å². The summed E-state index contributed by atoms with van der Waals surface area (Å²) in [5, 5.41) is 8.94. The van der Waals surface area contributed by atoms with Crippen LogP contribution in [0.25, 0.3) is 22.2 Å². The van der Waals surface area contributed by atoms with Crippen LogP contribution in [0.15, 0.2) is 36.4 Å². The van der Waals surface area contributed by atoms with E-state index in [4.69, 9.17) is 24.0 Å². The first-order chi connectivity index (χ1) is 17.2. The van der Waals surface area contributed by atoms with E-state index in [0.29, 0.717) is 32.1 Å². The molecule has 2 aromatic carbocycles. The van der Waals surface area contributed by atoms with Crippen molar-refractivity contribution in [3.8, 4) is 17.0 Å². The van der Waals surface area contributed by atoms with Gasteiger partial charge in [0.05, 0.1) is 18.7 Å². The standard InChI is InChI=1S/C27H31N3O5/c31-27-28-8-3-10-33-22-5-6-24-23(15-22)26(29-30(24)25-4-1-2-9-34-25)21-13-18(16-35-27)12-20(14-21)19-7-11-32-17-19/h5-6,12-15,19,25H,1-4,7-11,16-17H2,(H,28,31). The quantitative estimate of drug-likeness (QED) is 0.564. The summed E-state index contributed by atoms with van der Waals surface area (Å²) in [4.78, 5) is 12.2. The summed E-state index contributed by atoms with van der Waals surface area (Å²) in [6, 6.07) is 12.6. The van der Waals surface area contributed by atoms with Gasteiger partial charge in [0.25, 0.3) is 0 Å². The van der Waals surface area contributed by atoms with Gasteiger partial charge in [0.2, 0.25) is 0 Å². The summed E-state index contributed by atoms with van der Waals surface area (Å²) in [5.74, 6) is 1.11. The molecule has 4 bridgehead atoms. The Kier molecular flexibility index (Phi) is 6.31. The minimum Gasteiger partial charge on any atom is -0.494 e. The fourth-order valence-electron chi connectivity index (χ4n) is 5.18. The zero-order valence-corrected chi connectivity index (χ0v) is 19.8. The molecule has 6 rings (SSSR count). The Labute approximate surface area is 204 Å². The molecule has 1 amide bonds. The molecule has 1 aromatic heterocycles. The van der Waals surface area contributed by atoms with E-state index in [0.717, 1.165) is 72.4 Å². The molecule has 0 spiro atoms. The van der Waals surface area contributed by atoms with Crippen LogP contribution in [0.2, 0.25) is 0 Å². The number of nitrogens with one attached hydrogen (secondary N) is 1. The lowest BCUT2D eigenvalue weighted by Crippen LogP contribution is -2.26. The van der Waals surface area contributed by atoms with Gasteiger partial charge in [-0.3, -0.25) is 0 Å². The molecule has 3 aromatic rings. The van der Waals surface area contributed by atoms with Crippen LogP contribution < -0.4 is 10.1 Å². The van der Waals surface area contributed by atoms with Gasteiger partial charge in [-0.05, 0) is 73.6 Å². The number of alkyl carbamates (subject to hydrolysis) is 1. The van der Waals surface area contributed by atoms with Crippen molar-refractivity contribution in [1.82, 2.24) is 15.1 Å². The molecular formula is C27H31N3O5. The summed E-state index contributed by atoms with van der Waals surface area (Å²) < 4.78 is 25.4. The zero-order valence-electron chi connectivity index (χ0n) is 19.8. The highest BCUT2D eigenvalue weighted by Gasteiger charge is 2.24. The first kappa shape index (κ1) is 22.4. The average Bonchev–Trinajstić information content (AvgIpc) is 3.56. The highest BCUT2D eigenvalue weighted by atomic mass is 16.5. The van der Waals surface area contributed by atoms with Crippen LogP contribution in [-0.4, -0.2) is 48.8 Å². The second kappa shape index (κ2) is 9.87. The molecule has 4 heterocycles. The van der Waals surface area contributed by atoms with Crippen molar-refractivity contribution in [2.24, 2.45) is 0 Å². The summed E-state index contributed by atoms with van der Waals surface area (Å²) >= 11 is 0. The second-order valence-corrected chi connectivity index (χ2v) is 9.52. The van der Waals surface area contributed by atoms with Crippen LogP contribution in [0.3, 0.4) is 0 Å². The van der Waals surface area contributed by atoms with Gasteiger partial charge in [0, 0.05) is 36.6 Å². The summed E-state index contributed by atoms with van der Waals surface area (Å²) in [6.07, 6.45) is 4.34. The predicted octanol–water partition coefficient (Wildman–Crippen LogP) is 4.92. The number of amides is 1. The first-order valence-corrected chi connectivity index (χ1v) is 12.6. The maximum atomic E-state index is 12.2. The molecule has 3 aliphatic rings. The molecule has 2 atom stereocenters. The number of carbonyl (C=O) groups excluding carboxylic acids is 1. The van der Waals surface area contributed by atoms with E-state index in [1.54, 1.807) is 0 Å². The van der Waals surface area contributed by atoms with Gasteiger partial charge < -0.3 is 24.3 Å². The number of hydrogen-bond acceptors (Lipinski definition) is 6. The van der Waals surface area contributed by atoms with Crippen molar-refractivity contribution in [3.63, 3.8) is 0 Å². The summed E-state index contributed by atoms with van der Waals surface area (Å²) in [6.45, 7) is 3.41. The topological polar surface area (TPSA) is 83.8 Å². The molecule has 2 fully saturated rings. The smallest absolute Gasteiger partial charge is 0.407 e. The number of fused-ring (bicyclic) bond motifs is 4. The Balaban J connectivity index is 1.50. The van der Waals surface area contributed by atoms with Gasteiger partial charge >= 0.3 is 6.09 Å². The third kappa shape index (κ3) is 4.73. The van der Waals surface area contributed by atoms with Crippen molar-refractivity contribution < 1.29 is 23.7 Å². The third-order valence-electron chi connectivity index (χ3n) is 7.02. The fraction of sp³-hybridized carbons (Fsp3) is 0.481. The monoisotopic (exact) mass is 477 g/mol. The maximum Gasteiger partial charge on any atom is 0.407 e. The van der Waals surface area contributed by atoms with E-state index in [2.05, 4.69) is 35.6 Å². The number of hydrogen-bond donors (Lipinski definition) is 1. The van der Waals surface area contributed by atoms with Gasteiger partial charge in [-0.1, -0.05) is 6.07 Å². The summed E-state index contributed by atoms with van der Waals surface area (Å²) in [7, 11) is 0. The van der Waals surface area contributed by atoms with E-state index in [-0.39, 0.29) is 12.8 Å². The van der Waals surface area contributed by atoms with Crippen molar-refractivity contribution in [2.75, 3.05) is 33.0 Å². The Morgan fingerprint density at radius 1 is 0.971 bits per heavy atom. The Morgan fingerprint density at radius 2 is 1.94 bits per heavy atom. The molecule has 0 saturated carbocycles. The van der Waals surface area contributed by atoms with Gasteiger partial charge in [0.15, 0.2) is 6.23 Å². The number of nitrogens with zero attached hydrogens (tertiary/aromatic N) is 2. The molecule has 0 aliphatic carbocycles. The van der Waals surface area contributed by atoms with Crippen molar-refractivity contribution in [2.45, 2.75) is 50.9 Å². The zero-order chi connectivity index (χ0) is 23.6. The van der Waals surface area contributed by atoms with Crippen LogP contribution >= 0.6 is 0 Å². The molecule has 35 heavy (non-hydrogen) atoms. The molecule has 2 saturated heterocycles. The molecule has 184 valence electrons. The van der Waals surface area contributed by atoms with Crippen molar-refractivity contribution in [3.05, 3.63) is 47.5 Å². The molecule has 3 aliphatic heterocycles. The van der Waals surface area contributed by atoms with E-state index >= 15 is 0 Å². The average molecular weight is 478 g/mol. The normalized spacial score (nSPS) is 23.3. The molecule has 8 nitrogen and oxygen atoms in total. The number of aromatic nitrogens is 2. The highest BCUT2D eigenvalue weighted by molar-refractivity contribution is 5.94. The van der Waals surface area contributed by atoms with Crippen molar-refractivity contribution in [1.29, 1.82) is 0 Å². The lowest BCUT2D eigenvalue weighted by Gasteiger charge is -2.23. The fourth-order valence-corrected chi connectivity index (χ4v) is 5.18. The third-order valence-corrected chi connectivity index (χ3v) is 7.02. The molecule has 1 N–H and O–H groups in total. The number of carbonyl (C=O) groups is 1. The molecular weight excluding hydrogens is 446 g/mol. The van der Waals surface area contributed by atoms with Gasteiger partial charge in [-0.15, -0.1) is 0 Å². The minimum absolute atomic E-state index is 0.0738. The van der Waals surface area contributed by atoms with Crippen molar-refractivity contribution >= 4 is 17.0 Å². The Hall–Kier alpha value is -3.10. The Bertz CT molecular complexity index is 1210. The number of ether oxygens (including phenoxy) is 4. The Morgan fingerprint density at radius 3 is 2.80 bits per heavy atom. The van der Waals surface area contributed by atoms with Crippen LogP contribution in [0.5, 0.6) is 5.75 Å². The lowest BCUT2D eigenvalue weighted by molar-refractivity contribution is -0.0365. The minimum atomic E-state index is -0.419. The number of benzene rings is 2. The van der Waals surface area contributed by atoms with Gasteiger partial charge in [-0.2, -0.15) is 5.10 Å². The van der Waals surface area contributed by atoms with Crippen LogP contribution in [0, 0.1) is 0 Å². The second-order valence-electron chi connectivity index (χ2n) is 9.52. The molecule has 2 unspecified atom stereocenters. The predicted molar refractivity (Wildman–Crippen MR) is 130 cm³/mol. The molecule has 0 radical (unpaired) electrons. The van der Waals surface area contributed by atoms with E-state index in [1.807, 2.05) is 10.7 Å². The van der Waals surface area contributed by atoms with Crippen LogP contribution in [0.4, 0.5) is 4.79 Å². The van der Waals surface area contributed by atoms with E-state index in [9.17, 15) is 4.79 Å². The first-order valence-electron chi connectivity index (χ1n) is 12.6. The number of cyclic esters (lactones) is 1. The summed E-state index contributed by atoms with van der Waals surface area (Å²) in [5.41, 5.74) is 5.06. The van der Waals surface area contributed by atoms with Gasteiger partial charge in [0.1, 0.15) is 18.1 Å². The largest absolute Gasteiger partial charge is 0.494 e. The molecule has 8 heteroatoms. The van der Waals surface area contributed by atoms with E-state index in [1.165, 1.54) is 5.56 Å².